The third-order valence-electron chi connectivity index (χ3n) is 1.58. The molecule has 0 atom stereocenters. The van der Waals surface area contributed by atoms with Crippen LogP contribution in [-0.2, 0) is 9.53 Å². The van der Waals surface area contributed by atoms with Crippen molar-refractivity contribution in [3.63, 3.8) is 0 Å². The van der Waals surface area contributed by atoms with Crippen LogP contribution in [0.25, 0.3) is 4.48 Å². The van der Waals surface area contributed by atoms with E-state index in [0.717, 1.165) is 10.0 Å². The first kappa shape index (κ1) is 11.0. The van der Waals surface area contributed by atoms with Crippen molar-refractivity contribution in [1.29, 1.82) is 0 Å². The van der Waals surface area contributed by atoms with Gasteiger partial charge >= 0.3 is 5.97 Å². The summed E-state index contributed by atoms with van der Waals surface area (Å²) < 4.78 is 5.52. The van der Waals surface area contributed by atoms with Crippen molar-refractivity contribution in [1.82, 2.24) is 0 Å². The maximum Gasteiger partial charge on any atom is 0.331 e. The highest BCUT2D eigenvalue weighted by atomic mass is 79.9. The van der Waals surface area contributed by atoms with Gasteiger partial charge in [-0.3, -0.25) is 0 Å². The summed E-state index contributed by atoms with van der Waals surface area (Å²) in [5, 5.41) is 0. The van der Waals surface area contributed by atoms with Crippen LogP contribution in [0.4, 0.5) is 0 Å². The zero-order valence-electron chi connectivity index (χ0n) is 7.87. The minimum Gasteiger partial charge on any atom is -0.463 e. The Morgan fingerprint density at radius 2 is 2.07 bits per heavy atom. The molecule has 74 valence electrons. The van der Waals surface area contributed by atoms with E-state index < -0.39 is 0 Å². The highest BCUT2D eigenvalue weighted by molar-refractivity contribution is 9.15. The third-order valence-corrected chi connectivity index (χ3v) is 2.27. The van der Waals surface area contributed by atoms with Gasteiger partial charge in [-0.05, 0) is 28.4 Å². The van der Waals surface area contributed by atoms with E-state index in [2.05, 4.69) is 15.9 Å². The second-order valence-electron chi connectivity index (χ2n) is 2.61. The summed E-state index contributed by atoms with van der Waals surface area (Å²) in [7, 11) is 0. The molecule has 2 nitrogen and oxygen atoms in total. The minimum absolute atomic E-state index is 0.330. The number of benzene rings is 1. The van der Waals surface area contributed by atoms with Crippen LogP contribution in [0.15, 0.2) is 36.4 Å². The molecule has 0 spiro atoms. The molecule has 0 heterocycles. The van der Waals surface area contributed by atoms with Crippen LogP contribution in [0.1, 0.15) is 12.5 Å². The molecule has 1 aromatic carbocycles. The van der Waals surface area contributed by atoms with Crippen LogP contribution >= 0.6 is 15.9 Å². The number of hydrogen-bond donors (Lipinski definition) is 0. The molecule has 0 aliphatic heterocycles. The van der Waals surface area contributed by atoms with Crippen molar-refractivity contribution in [3.05, 3.63) is 42.0 Å². The van der Waals surface area contributed by atoms with Crippen molar-refractivity contribution in [2.24, 2.45) is 0 Å². The van der Waals surface area contributed by atoms with Gasteiger partial charge < -0.3 is 4.74 Å². The molecule has 0 aliphatic rings. The second kappa shape index (κ2) is 5.60. The molecule has 3 heteroatoms. The van der Waals surface area contributed by atoms with Crippen LogP contribution in [0.2, 0.25) is 0 Å². The highest BCUT2D eigenvalue weighted by Gasteiger charge is 2.00. The predicted molar refractivity (Wildman–Crippen MR) is 60.0 cm³/mol. The number of esters is 1. The normalized spacial score (nSPS) is 11.1. The Labute approximate surface area is 91.7 Å². The van der Waals surface area contributed by atoms with E-state index in [1.165, 1.54) is 6.08 Å². The molecular weight excluding hydrogens is 244 g/mol. The van der Waals surface area contributed by atoms with E-state index in [1.54, 1.807) is 6.92 Å². The first-order chi connectivity index (χ1) is 6.74. The van der Waals surface area contributed by atoms with Crippen molar-refractivity contribution in [3.8, 4) is 0 Å². The second-order valence-corrected chi connectivity index (χ2v) is 3.46. The molecule has 0 amide bonds. The first-order valence-corrected chi connectivity index (χ1v) is 5.12. The number of ether oxygens (including phenoxy) is 1. The lowest BCUT2D eigenvalue weighted by Crippen LogP contribution is -1.99. The molecule has 1 rings (SSSR count). The molecule has 0 saturated heterocycles. The monoisotopic (exact) mass is 254 g/mol. The molecule has 1 aromatic rings. The average molecular weight is 255 g/mol. The number of rotatable bonds is 3. The fourth-order valence-electron chi connectivity index (χ4n) is 0.968. The predicted octanol–water partition coefficient (Wildman–Crippen LogP) is 2.99. The summed E-state index contributed by atoms with van der Waals surface area (Å²) in [5.74, 6) is -0.330. The maximum atomic E-state index is 11.1. The lowest BCUT2D eigenvalue weighted by Gasteiger charge is -1.99. The van der Waals surface area contributed by atoms with Gasteiger partial charge in [0.05, 0.1) is 6.61 Å². The van der Waals surface area contributed by atoms with Crippen LogP contribution in [-0.4, -0.2) is 12.6 Å². The van der Waals surface area contributed by atoms with Crippen LogP contribution < -0.4 is 0 Å². The maximum absolute atomic E-state index is 11.1. The van der Waals surface area contributed by atoms with Gasteiger partial charge in [-0.15, -0.1) is 0 Å². The van der Waals surface area contributed by atoms with Crippen LogP contribution in [0, 0.1) is 0 Å². The summed E-state index contributed by atoms with van der Waals surface area (Å²) in [6.07, 6.45) is 1.43. The van der Waals surface area contributed by atoms with Crippen LogP contribution in [0.3, 0.4) is 0 Å². The Morgan fingerprint density at radius 1 is 1.43 bits per heavy atom. The first-order valence-electron chi connectivity index (χ1n) is 4.33. The fraction of sp³-hybridized carbons (Fsp3) is 0.182. The van der Waals surface area contributed by atoms with E-state index >= 15 is 0 Å². The number of halogens is 1. The summed E-state index contributed by atoms with van der Waals surface area (Å²) >= 11 is 3.32. The number of carbonyl (C=O) groups excluding carboxylic acids is 1. The summed E-state index contributed by atoms with van der Waals surface area (Å²) in [6.45, 7) is 2.17. The Balaban J connectivity index is 2.75. The third kappa shape index (κ3) is 3.34. The molecule has 0 saturated carbocycles. The SMILES string of the molecule is CCOC(=O)/C=C(\Br)c1ccccc1. The van der Waals surface area contributed by atoms with E-state index in [9.17, 15) is 4.79 Å². The lowest BCUT2D eigenvalue weighted by molar-refractivity contribution is -0.137. The number of carbonyl (C=O) groups is 1. The van der Waals surface area contributed by atoms with Crippen molar-refractivity contribution < 1.29 is 9.53 Å². The molecule has 0 N–H and O–H groups in total. The molecule has 0 fully saturated rings. The molecule has 0 unspecified atom stereocenters. The Kier molecular flexibility index (Phi) is 4.40. The van der Waals surface area contributed by atoms with Gasteiger partial charge in [-0.1, -0.05) is 30.3 Å². The quantitative estimate of drug-likeness (QED) is 0.613. The summed E-state index contributed by atoms with van der Waals surface area (Å²) in [4.78, 5) is 11.1. The van der Waals surface area contributed by atoms with Crippen molar-refractivity contribution >= 4 is 26.4 Å². The highest BCUT2D eigenvalue weighted by Crippen LogP contribution is 2.20. The van der Waals surface area contributed by atoms with Gasteiger partial charge in [0.2, 0.25) is 0 Å². The fourth-order valence-corrected chi connectivity index (χ4v) is 1.42. The standard InChI is InChI=1S/C11H11BrO2/c1-2-14-11(13)8-10(12)9-6-4-3-5-7-9/h3-8H,2H2,1H3/b10-8-. The molecule has 0 bridgehead atoms. The molecule has 0 aromatic heterocycles. The van der Waals surface area contributed by atoms with Gasteiger partial charge in [0.25, 0.3) is 0 Å². The molecule has 0 aliphatic carbocycles. The summed E-state index contributed by atoms with van der Waals surface area (Å²) in [6, 6.07) is 9.58. The smallest absolute Gasteiger partial charge is 0.331 e. The Bertz CT molecular complexity index is 330. The van der Waals surface area contributed by atoms with Gasteiger partial charge in [-0.2, -0.15) is 0 Å². The summed E-state index contributed by atoms with van der Waals surface area (Å²) in [5.41, 5.74) is 0.959. The molecule has 14 heavy (non-hydrogen) atoms. The Morgan fingerprint density at radius 3 is 2.64 bits per heavy atom. The Hall–Kier alpha value is -1.09. The van der Waals surface area contributed by atoms with Crippen molar-refractivity contribution in [2.45, 2.75) is 6.92 Å². The average Bonchev–Trinajstić information content (AvgIpc) is 2.19. The molecular formula is C11H11BrO2. The van der Waals surface area contributed by atoms with Gasteiger partial charge in [0.1, 0.15) is 0 Å². The van der Waals surface area contributed by atoms with Gasteiger partial charge in [0, 0.05) is 10.6 Å². The van der Waals surface area contributed by atoms with E-state index in [-0.39, 0.29) is 5.97 Å². The zero-order valence-corrected chi connectivity index (χ0v) is 9.45. The lowest BCUT2D eigenvalue weighted by atomic mass is 10.2. The van der Waals surface area contributed by atoms with Gasteiger partial charge in [-0.25, -0.2) is 4.79 Å². The minimum atomic E-state index is -0.330. The van der Waals surface area contributed by atoms with Crippen molar-refractivity contribution in [2.75, 3.05) is 6.61 Å². The van der Waals surface area contributed by atoms with Gasteiger partial charge in [0.15, 0.2) is 0 Å². The van der Waals surface area contributed by atoms with E-state index in [1.807, 2.05) is 30.3 Å². The number of hydrogen-bond acceptors (Lipinski definition) is 2. The van der Waals surface area contributed by atoms with E-state index in [4.69, 9.17) is 4.74 Å². The largest absolute Gasteiger partial charge is 0.463 e. The van der Waals surface area contributed by atoms with E-state index in [0.29, 0.717) is 6.61 Å². The zero-order chi connectivity index (χ0) is 10.4. The topological polar surface area (TPSA) is 26.3 Å². The molecule has 0 radical (unpaired) electrons. The van der Waals surface area contributed by atoms with Crippen LogP contribution in [0.5, 0.6) is 0 Å².